The van der Waals surface area contributed by atoms with Crippen LogP contribution in [0.2, 0.25) is 0 Å². The number of benzene rings is 1. The zero-order chi connectivity index (χ0) is 20.9. The van der Waals surface area contributed by atoms with Gasteiger partial charge in [0.1, 0.15) is 17.4 Å². The lowest BCUT2D eigenvalue weighted by atomic mass is 10.1. The molecule has 0 bridgehead atoms. The lowest BCUT2D eigenvalue weighted by molar-refractivity contribution is 0.527. The maximum Gasteiger partial charge on any atom is 0.238 e. The van der Waals surface area contributed by atoms with E-state index < -0.39 is 0 Å². The standard InChI is InChI=1S/C24H19N3O3/c1-27(2)18-11-9-17(10-12-18)6-3-13-26-24-19(16-25)22(20-7-4-14-28-20)23(30-24)21-8-5-15-29-21/h3-15H,1-2H3/b6-3+,26-13+. The quantitative estimate of drug-likeness (QED) is 0.364. The van der Waals surface area contributed by atoms with Gasteiger partial charge in [-0.2, -0.15) is 5.26 Å². The van der Waals surface area contributed by atoms with E-state index >= 15 is 0 Å². The highest BCUT2D eigenvalue weighted by Gasteiger charge is 2.25. The van der Waals surface area contributed by atoms with Gasteiger partial charge in [0, 0.05) is 26.0 Å². The minimum absolute atomic E-state index is 0.197. The Labute approximate surface area is 174 Å². The van der Waals surface area contributed by atoms with Crippen LogP contribution in [0.5, 0.6) is 0 Å². The molecule has 0 fully saturated rings. The molecule has 0 amide bonds. The minimum atomic E-state index is 0.197. The predicted molar refractivity (Wildman–Crippen MR) is 117 cm³/mol. The zero-order valence-electron chi connectivity index (χ0n) is 16.6. The summed E-state index contributed by atoms with van der Waals surface area (Å²) in [5.74, 6) is 1.61. The summed E-state index contributed by atoms with van der Waals surface area (Å²) in [6.45, 7) is 0. The zero-order valence-corrected chi connectivity index (χ0v) is 16.6. The second-order valence-electron chi connectivity index (χ2n) is 6.68. The third-order valence-corrected chi connectivity index (χ3v) is 4.49. The van der Waals surface area contributed by atoms with Gasteiger partial charge in [0.05, 0.1) is 18.1 Å². The van der Waals surface area contributed by atoms with Crippen LogP contribution in [0.3, 0.4) is 0 Å². The van der Waals surface area contributed by atoms with Gasteiger partial charge in [-0.25, -0.2) is 4.99 Å². The lowest BCUT2D eigenvalue weighted by Gasteiger charge is -2.11. The fourth-order valence-corrected chi connectivity index (χ4v) is 3.00. The van der Waals surface area contributed by atoms with E-state index in [-0.39, 0.29) is 11.4 Å². The number of nitrogens with zero attached hydrogens (tertiary/aromatic N) is 3. The summed E-state index contributed by atoms with van der Waals surface area (Å²) in [5.41, 5.74) is 2.98. The van der Waals surface area contributed by atoms with Crippen LogP contribution in [-0.4, -0.2) is 20.3 Å². The highest BCUT2D eigenvalue weighted by atomic mass is 16.4. The van der Waals surface area contributed by atoms with Gasteiger partial charge < -0.3 is 18.2 Å². The Kier molecular flexibility index (Phi) is 5.35. The van der Waals surface area contributed by atoms with Crippen molar-refractivity contribution in [3.8, 4) is 28.9 Å². The normalized spacial score (nSPS) is 11.4. The van der Waals surface area contributed by atoms with E-state index in [0.29, 0.717) is 22.8 Å². The SMILES string of the molecule is CN(C)c1ccc(/C=C/C=N/c2oc(-c3ccco3)c(-c3ccco3)c2C#N)cc1. The summed E-state index contributed by atoms with van der Waals surface area (Å²) >= 11 is 0. The number of hydrogen-bond acceptors (Lipinski definition) is 6. The molecule has 0 unspecified atom stereocenters. The third kappa shape index (κ3) is 3.82. The van der Waals surface area contributed by atoms with Crippen LogP contribution in [0.15, 0.2) is 85.4 Å². The van der Waals surface area contributed by atoms with Gasteiger partial charge in [0.2, 0.25) is 5.88 Å². The monoisotopic (exact) mass is 397 g/mol. The van der Waals surface area contributed by atoms with E-state index in [2.05, 4.69) is 11.1 Å². The first-order valence-electron chi connectivity index (χ1n) is 9.30. The summed E-state index contributed by atoms with van der Waals surface area (Å²) in [6.07, 6.45) is 8.41. The molecule has 3 heterocycles. The highest BCUT2D eigenvalue weighted by molar-refractivity contribution is 5.87. The van der Waals surface area contributed by atoms with Crippen molar-refractivity contribution >= 4 is 23.9 Å². The molecule has 0 spiro atoms. The second kappa shape index (κ2) is 8.41. The molecule has 0 aliphatic rings. The van der Waals surface area contributed by atoms with Crippen molar-refractivity contribution in [2.75, 3.05) is 19.0 Å². The molecule has 1 aromatic carbocycles. The smallest absolute Gasteiger partial charge is 0.238 e. The Balaban J connectivity index is 1.64. The molecule has 6 nitrogen and oxygen atoms in total. The summed E-state index contributed by atoms with van der Waals surface area (Å²) in [7, 11) is 4.00. The molecular weight excluding hydrogens is 378 g/mol. The van der Waals surface area contributed by atoms with Crippen LogP contribution in [0.1, 0.15) is 11.1 Å². The topological polar surface area (TPSA) is 78.8 Å². The van der Waals surface area contributed by atoms with Crippen molar-refractivity contribution < 1.29 is 13.3 Å². The molecular formula is C24H19N3O3. The van der Waals surface area contributed by atoms with Gasteiger partial charge in [-0.15, -0.1) is 0 Å². The molecule has 30 heavy (non-hydrogen) atoms. The average molecular weight is 397 g/mol. The summed E-state index contributed by atoms with van der Waals surface area (Å²) in [6, 6.07) is 17.3. The van der Waals surface area contributed by atoms with Gasteiger partial charge in [-0.05, 0) is 48.0 Å². The average Bonchev–Trinajstić information content (AvgIpc) is 3.51. The molecule has 0 N–H and O–H groups in total. The van der Waals surface area contributed by atoms with Crippen molar-refractivity contribution in [1.29, 1.82) is 5.26 Å². The van der Waals surface area contributed by atoms with Crippen molar-refractivity contribution in [2.45, 2.75) is 0 Å². The van der Waals surface area contributed by atoms with Crippen molar-refractivity contribution in [2.24, 2.45) is 4.99 Å². The largest absolute Gasteiger partial charge is 0.464 e. The maximum absolute atomic E-state index is 9.74. The number of hydrogen-bond donors (Lipinski definition) is 0. The number of anilines is 1. The van der Waals surface area contributed by atoms with Crippen LogP contribution < -0.4 is 4.90 Å². The van der Waals surface area contributed by atoms with E-state index in [1.165, 1.54) is 0 Å². The second-order valence-corrected chi connectivity index (χ2v) is 6.68. The maximum atomic E-state index is 9.74. The van der Waals surface area contributed by atoms with Crippen LogP contribution in [0.25, 0.3) is 28.9 Å². The number of nitriles is 1. The fraction of sp³-hybridized carbons (Fsp3) is 0.0833. The van der Waals surface area contributed by atoms with E-state index in [4.69, 9.17) is 13.3 Å². The van der Waals surface area contributed by atoms with Crippen molar-refractivity contribution in [1.82, 2.24) is 0 Å². The molecule has 3 aromatic heterocycles. The fourth-order valence-electron chi connectivity index (χ4n) is 3.00. The number of furan rings is 3. The molecule has 0 aliphatic carbocycles. The molecule has 0 radical (unpaired) electrons. The Morgan fingerprint density at radius 2 is 1.67 bits per heavy atom. The predicted octanol–water partition coefficient (Wildman–Crippen LogP) is 6.15. The van der Waals surface area contributed by atoms with E-state index in [0.717, 1.165) is 11.3 Å². The Morgan fingerprint density at radius 3 is 2.27 bits per heavy atom. The van der Waals surface area contributed by atoms with E-state index in [9.17, 15) is 5.26 Å². The van der Waals surface area contributed by atoms with Crippen LogP contribution in [0, 0.1) is 11.3 Å². The first-order valence-corrected chi connectivity index (χ1v) is 9.30. The molecule has 148 valence electrons. The Bertz CT molecular complexity index is 1200. The Morgan fingerprint density at radius 1 is 0.967 bits per heavy atom. The summed E-state index contributed by atoms with van der Waals surface area (Å²) < 4.78 is 16.9. The first kappa shape index (κ1) is 19.1. The molecule has 4 rings (SSSR count). The molecule has 4 aromatic rings. The van der Waals surface area contributed by atoms with Crippen LogP contribution >= 0.6 is 0 Å². The third-order valence-electron chi connectivity index (χ3n) is 4.49. The first-order chi connectivity index (χ1) is 14.7. The Hall–Kier alpha value is -4.24. The van der Waals surface area contributed by atoms with Gasteiger partial charge in [-0.1, -0.05) is 18.2 Å². The van der Waals surface area contributed by atoms with Crippen LogP contribution in [0.4, 0.5) is 11.6 Å². The van der Waals surface area contributed by atoms with Gasteiger partial charge in [-0.3, -0.25) is 0 Å². The number of rotatable bonds is 6. The van der Waals surface area contributed by atoms with Crippen molar-refractivity contribution in [3.05, 3.63) is 78.3 Å². The molecule has 0 aliphatic heterocycles. The van der Waals surface area contributed by atoms with Crippen LogP contribution in [-0.2, 0) is 0 Å². The van der Waals surface area contributed by atoms with Gasteiger partial charge in [0.25, 0.3) is 0 Å². The molecule has 0 saturated carbocycles. The lowest BCUT2D eigenvalue weighted by Crippen LogP contribution is -2.07. The summed E-state index contributed by atoms with van der Waals surface area (Å²) in [4.78, 5) is 6.39. The van der Waals surface area contributed by atoms with E-state index in [1.54, 1.807) is 49.1 Å². The molecule has 0 atom stereocenters. The molecule has 6 heteroatoms. The van der Waals surface area contributed by atoms with Crippen molar-refractivity contribution in [3.63, 3.8) is 0 Å². The number of aliphatic imine (C=N–C) groups is 1. The van der Waals surface area contributed by atoms with E-state index in [1.807, 2.05) is 49.3 Å². The van der Waals surface area contributed by atoms with Gasteiger partial charge in [0.15, 0.2) is 11.5 Å². The highest BCUT2D eigenvalue weighted by Crippen LogP contribution is 2.42. The summed E-state index contributed by atoms with van der Waals surface area (Å²) in [5, 5.41) is 9.74. The van der Waals surface area contributed by atoms with Gasteiger partial charge >= 0.3 is 0 Å². The minimum Gasteiger partial charge on any atom is -0.464 e. The molecule has 0 saturated heterocycles. The number of allylic oxidation sites excluding steroid dienone is 1.